The number of hydrogen-bond acceptors (Lipinski definition) is 3. The summed E-state index contributed by atoms with van der Waals surface area (Å²) in [7, 11) is 1.97. The Morgan fingerprint density at radius 1 is 1.47 bits per heavy atom. The number of aromatic nitrogens is 5. The van der Waals surface area contributed by atoms with Crippen molar-refractivity contribution in [2.75, 3.05) is 0 Å². The van der Waals surface area contributed by atoms with E-state index in [2.05, 4.69) is 38.1 Å². The normalized spacial score (nSPS) is 13.0. The maximum absolute atomic E-state index is 4.07. The zero-order valence-electron chi connectivity index (χ0n) is 8.63. The molecule has 0 bridgehead atoms. The predicted octanol–water partition coefficient (Wildman–Crippen LogP) is 1.52. The van der Waals surface area contributed by atoms with E-state index in [1.807, 2.05) is 22.5 Å². The van der Waals surface area contributed by atoms with Gasteiger partial charge in [-0.05, 0) is 6.92 Å². The molecule has 2 aromatic rings. The van der Waals surface area contributed by atoms with Crippen molar-refractivity contribution < 1.29 is 0 Å². The number of imidazole rings is 1. The summed E-state index contributed by atoms with van der Waals surface area (Å²) in [5.41, 5.74) is 2.17. The average molecular weight is 270 g/mol. The van der Waals surface area contributed by atoms with Gasteiger partial charge in [0.05, 0.1) is 41.5 Å². The van der Waals surface area contributed by atoms with Gasteiger partial charge < -0.3 is 4.57 Å². The molecular formula is C9H12BrN5. The van der Waals surface area contributed by atoms with Gasteiger partial charge in [0.25, 0.3) is 0 Å². The smallest absolute Gasteiger partial charge is 0.0946 e. The van der Waals surface area contributed by atoms with E-state index in [9.17, 15) is 0 Å². The van der Waals surface area contributed by atoms with E-state index < -0.39 is 0 Å². The summed E-state index contributed by atoms with van der Waals surface area (Å²) >= 11 is 3.51. The number of rotatable bonds is 3. The molecule has 0 aliphatic rings. The highest BCUT2D eigenvalue weighted by Crippen LogP contribution is 2.20. The minimum Gasteiger partial charge on any atom is -0.336 e. The lowest BCUT2D eigenvalue weighted by molar-refractivity contribution is 0.597. The standard InChI is InChI=1S/C9H12BrN5/c1-7(10)9-4-12-13-15(9)5-8-3-11-6-14(8)2/h3-4,6-7H,5H2,1-2H3. The van der Waals surface area contributed by atoms with Gasteiger partial charge in [0.1, 0.15) is 0 Å². The van der Waals surface area contributed by atoms with E-state index in [0.717, 1.165) is 11.4 Å². The van der Waals surface area contributed by atoms with Crippen molar-refractivity contribution in [2.45, 2.75) is 18.3 Å². The second-order valence-corrected chi connectivity index (χ2v) is 4.80. The molecule has 0 saturated carbocycles. The quantitative estimate of drug-likeness (QED) is 0.794. The molecule has 80 valence electrons. The molecule has 0 aliphatic carbocycles. The monoisotopic (exact) mass is 269 g/mol. The zero-order valence-corrected chi connectivity index (χ0v) is 10.2. The number of aryl methyl sites for hydroxylation is 1. The lowest BCUT2D eigenvalue weighted by Crippen LogP contribution is -2.09. The van der Waals surface area contributed by atoms with Crippen LogP contribution in [0.3, 0.4) is 0 Å². The van der Waals surface area contributed by atoms with Crippen molar-refractivity contribution >= 4 is 15.9 Å². The number of alkyl halides is 1. The number of nitrogens with zero attached hydrogens (tertiary/aromatic N) is 5. The van der Waals surface area contributed by atoms with Crippen LogP contribution in [0.5, 0.6) is 0 Å². The lowest BCUT2D eigenvalue weighted by Gasteiger charge is -2.07. The van der Waals surface area contributed by atoms with Crippen LogP contribution in [0.1, 0.15) is 23.1 Å². The molecule has 6 heteroatoms. The highest BCUT2D eigenvalue weighted by Gasteiger charge is 2.10. The SMILES string of the molecule is CC(Br)c1cnnn1Cc1cncn1C. The Kier molecular flexibility index (Phi) is 2.86. The first-order valence-corrected chi connectivity index (χ1v) is 5.57. The fraction of sp³-hybridized carbons (Fsp3) is 0.444. The minimum atomic E-state index is 0.251. The Balaban J connectivity index is 2.25. The molecule has 2 aromatic heterocycles. The zero-order chi connectivity index (χ0) is 10.8. The van der Waals surface area contributed by atoms with Crippen molar-refractivity contribution in [2.24, 2.45) is 7.05 Å². The van der Waals surface area contributed by atoms with Crippen molar-refractivity contribution in [1.82, 2.24) is 24.5 Å². The number of halogens is 1. The van der Waals surface area contributed by atoms with Gasteiger partial charge >= 0.3 is 0 Å². The Bertz CT molecular complexity index is 445. The molecule has 1 atom stereocenters. The molecular weight excluding hydrogens is 258 g/mol. The molecule has 0 saturated heterocycles. The maximum atomic E-state index is 4.07. The van der Waals surface area contributed by atoms with Crippen molar-refractivity contribution in [3.63, 3.8) is 0 Å². The topological polar surface area (TPSA) is 48.5 Å². The third-order valence-electron chi connectivity index (χ3n) is 2.28. The summed E-state index contributed by atoms with van der Waals surface area (Å²) in [6, 6.07) is 0. The summed E-state index contributed by atoms with van der Waals surface area (Å²) in [5.74, 6) is 0. The van der Waals surface area contributed by atoms with Crippen molar-refractivity contribution in [3.05, 3.63) is 30.1 Å². The Morgan fingerprint density at radius 3 is 2.87 bits per heavy atom. The van der Waals surface area contributed by atoms with E-state index in [1.165, 1.54) is 0 Å². The fourth-order valence-electron chi connectivity index (χ4n) is 1.39. The molecule has 0 N–H and O–H groups in total. The molecule has 0 radical (unpaired) electrons. The molecule has 0 amide bonds. The Hall–Kier alpha value is -1.17. The molecule has 0 aliphatic heterocycles. The van der Waals surface area contributed by atoms with Crippen molar-refractivity contribution in [3.8, 4) is 0 Å². The average Bonchev–Trinajstić information content (AvgIpc) is 2.77. The van der Waals surface area contributed by atoms with Crippen LogP contribution >= 0.6 is 15.9 Å². The molecule has 5 nitrogen and oxygen atoms in total. The van der Waals surface area contributed by atoms with Gasteiger partial charge in [0.2, 0.25) is 0 Å². The summed E-state index contributed by atoms with van der Waals surface area (Å²) in [6.45, 7) is 2.75. The molecule has 15 heavy (non-hydrogen) atoms. The molecule has 0 spiro atoms. The molecule has 0 aromatic carbocycles. The summed E-state index contributed by atoms with van der Waals surface area (Å²) in [4.78, 5) is 4.32. The van der Waals surface area contributed by atoms with Crippen LogP contribution in [0.25, 0.3) is 0 Å². The van der Waals surface area contributed by atoms with Gasteiger partial charge in [-0.15, -0.1) is 5.10 Å². The highest BCUT2D eigenvalue weighted by molar-refractivity contribution is 9.09. The van der Waals surface area contributed by atoms with Gasteiger partial charge in [-0.25, -0.2) is 9.67 Å². The van der Waals surface area contributed by atoms with Gasteiger partial charge in [0, 0.05) is 7.05 Å². The summed E-state index contributed by atoms with van der Waals surface area (Å²) in [5, 5.41) is 7.96. The maximum Gasteiger partial charge on any atom is 0.0946 e. The third-order valence-corrected chi connectivity index (χ3v) is 2.75. The van der Waals surface area contributed by atoms with Crippen LogP contribution in [0.15, 0.2) is 18.7 Å². The van der Waals surface area contributed by atoms with Crippen LogP contribution in [0.4, 0.5) is 0 Å². The molecule has 0 fully saturated rings. The van der Waals surface area contributed by atoms with Gasteiger partial charge in [-0.3, -0.25) is 0 Å². The summed E-state index contributed by atoms with van der Waals surface area (Å²) in [6.07, 6.45) is 5.39. The van der Waals surface area contributed by atoms with E-state index in [-0.39, 0.29) is 4.83 Å². The van der Waals surface area contributed by atoms with E-state index >= 15 is 0 Å². The highest BCUT2D eigenvalue weighted by atomic mass is 79.9. The Labute approximate surface area is 96.2 Å². The molecule has 2 heterocycles. The van der Waals surface area contributed by atoms with Crippen LogP contribution in [0.2, 0.25) is 0 Å². The van der Waals surface area contributed by atoms with Crippen LogP contribution < -0.4 is 0 Å². The van der Waals surface area contributed by atoms with Gasteiger partial charge in [-0.1, -0.05) is 21.1 Å². The minimum absolute atomic E-state index is 0.251. The second-order valence-electron chi connectivity index (χ2n) is 3.43. The van der Waals surface area contributed by atoms with Crippen LogP contribution in [0, 0.1) is 0 Å². The van der Waals surface area contributed by atoms with E-state index in [1.54, 1.807) is 12.5 Å². The van der Waals surface area contributed by atoms with Crippen LogP contribution in [-0.4, -0.2) is 24.5 Å². The first-order valence-electron chi connectivity index (χ1n) is 4.66. The van der Waals surface area contributed by atoms with Crippen molar-refractivity contribution in [1.29, 1.82) is 0 Å². The fourth-order valence-corrected chi connectivity index (χ4v) is 1.74. The molecule has 1 unspecified atom stereocenters. The second kappa shape index (κ2) is 4.14. The van der Waals surface area contributed by atoms with Gasteiger partial charge in [0.15, 0.2) is 0 Å². The predicted molar refractivity (Wildman–Crippen MR) is 59.7 cm³/mol. The van der Waals surface area contributed by atoms with E-state index in [4.69, 9.17) is 0 Å². The van der Waals surface area contributed by atoms with Gasteiger partial charge in [-0.2, -0.15) is 0 Å². The molecule has 2 rings (SSSR count). The van der Waals surface area contributed by atoms with E-state index in [0.29, 0.717) is 6.54 Å². The van der Waals surface area contributed by atoms with Crippen LogP contribution in [-0.2, 0) is 13.6 Å². The number of hydrogen-bond donors (Lipinski definition) is 0. The largest absolute Gasteiger partial charge is 0.336 e. The third kappa shape index (κ3) is 2.09. The Morgan fingerprint density at radius 2 is 2.27 bits per heavy atom. The first-order chi connectivity index (χ1) is 7.18. The first kappa shape index (κ1) is 10.4. The summed E-state index contributed by atoms with van der Waals surface area (Å²) < 4.78 is 3.85. The lowest BCUT2D eigenvalue weighted by atomic mass is 10.3.